The lowest BCUT2D eigenvalue weighted by atomic mass is 10.2. The first kappa shape index (κ1) is 22.3. The van der Waals surface area contributed by atoms with Crippen LogP contribution in [0.4, 0.5) is 5.69 Å². The SMILES string of the molecule is COc1ccccc1Oc1ccc(NC(=O)[C@H](C)NS(=O)(=O)c2c(C)noc2C)cc1. The summed E-state index contributed by atoms with van der Waals surface area (Å²) in [5, 5.41) is 6.30. The number of carbonyl (C=O) groups excluding carboxylic acids is 1. The van der Waals surface area contributed by atoms with Gasteiger partial charge in [0.25, 0.3) is 0 Å². The maximum atomic E-state index is 12.6. The lowest BCUT2D eigenvalue weighted by Crippen LogP contribution is -2.41. The van der Waals surface area contributed by atoms with Crippen LogP contribution in [0.15, 0.2) is 57.9 Å². The van der Waals surface area contributed by atoms with Crippen LogP contribution in [-0.4, -0.2) is 32.6 Å². The van der Waals surface area contributed by atoms with Crippen molar-refractivity contribution < 1.29 is 27.2 Å². The maximum absolute atomic E-state index is 12.6. The highest BCUT2D eigenvalue weighted by molar-refractivity contribution is 7.89. The van der Waals surface area contributed by atoms with Crippen molar-refractivity contribution in [1.29, 1.82) is 0 Å². The molecule has 0 aliphatic heterocycles. The summed E-state index contributed by atoms with van der Waals surface area (Å²) in [5.41, 5.74) is 0.712. The van der Waals surface area contributed by atoms with E-state index in [-0.39, 0.29) is 16.3 Å². The lowest BCUT2D eigenvalue weighted by Gasteiger charge is -2.15. The number of benzene rings is 2. The molecule has 0 spiro atoms. The van der Waals surface area contributed by atoms with Gasteiger partial charge in [-0.05, 0) is 57.2 Å². The van der Waals surface area contributed by atoms with Crippen molar-refractivity contribution in [2.24, 2.45) is 0 Å². The molecule has 10 heteroatoms. The number of amides is 1. The van der Waals surface area contributed by atoms with E-state index in [4.69, 9.17) is 14.0 Å². The number of ether oxygens (including phenoxy) is 2. The van der Waals surface area contributed by atoms with E-state index in [0.717, 1.165) is 0 Å². The van der Waals surface area contributed by atoms with Gasteiger partial charge in [0.15, 0.2) is 17.3 Å². The number of carbonyl (C=O) groups is 1. The fourth-order valence-electron chi connectivity index (χ4n) is 2.89. The first-order valence-corrected chi connectivity index (χ1v) is 10.9. The van der Waals surface area contributed by atoms with Crippen molar-refractivity contribution in [3.63, 3.8) is 0 Å². The Labute approximate surface area is 180 Å². The number of para-hydroxylation sites is 2. The molecule has 9 nitrogen and oxygen atoms in total. The Bertz CT molecular complexity index is 1150. The largest absolute Gasteiger partial charge is 0.493 e. The van der Waals surface area contributed by atoms with Gasteiger partial charge in [0.2, 0.25) is 15.9 Å². The molecule has 31 heavy (non-hydrogen) atoms. The number of hydrogen-bond acceptors (Lipinski definition) is 7. The minimum Gasteiger partial charge on any atom is -0.493 e. The molecule has 0 bridgehead atoms. The van der Waals surface area contributed by atoms with E-state index in [2.05, 4.69) is 15.2 Å². The molecular formula is C21H23N3O6S. The second-order valence-electron chi connectivity index (χ2n) is 6.76. The molecule has 0 saturated heterocycles. The molecule has 2 N–H and O–H groups in total. The van der Waals surface area contributed by atoms with Crippen molar-refractivity contribution in [1.82, 2.24) is 9.88 Å². The smallest absolute Gasteiger partial charge is 0.246 e. The molecule has 2 aromatic carbocycles. The number of anilines is 1. The molecule has 1 aromatic heterocycles. The van der Waals surface area contributed by atoms with Crippen LogP contribution in [0.5, 0.6) is 17.2 Å². The van der Waals surface area contributed by atoms with E-state index < -0.39 is 22.0 Å². The third kappa shape index (κ3) is 5.22. The van der Waals surface area contributed by atoms with Gasteiger partial charge in [-0.15, -0.1) is 0 Å². The second kappa shape index (κ2) is 9.19. The highest BCUT2D eigenvalue weighted by atomic mass is 32.2. The van der Waals surface area contributed by atoms with E-state index in [9.17, 15) is 13.2 Å². The van der Waals surface area contributed by atoms with Crippen LogP contribution in [0.3, 0.4) is 0 Å². The Morgan fingerprint density at radius 2 is 1.71 bits per heavy atom. The molecule has 0 unspecified atom stereocenters. The molecule has 0 fully saturated rings. The second-order valence-corrected chi connectivity index (χ2v) is 8.41. The van der Waals surface area contributed by atoms with Gasteiger partial charge in [0, 0.05) is 5.69 Å². The van der Waals surface area contributed by atoms with Crippen molar-refractivity contribution >= 4 is 21.6 Å². The predicted octanol–water partition coefficient (Wildman–Crippen LogP) is 3.40. The molecule has 3 rings (SSSR count). The van der Waals surface area contributed by atoms with Gasteiger partial charge < -0.3 is 19.3 Å². The van der Waals surface area contributed by atoms with Crippen LogP contribution in [0.1, 0.15) is 18.4 Å². The van der Waals surface area contributed by atoms with Crippen molar-refractivity contribution in [3.8, 4) is 17.2 Å². The zero-order valence-corrected chi connectivity index (χ0v) is 18.3. The standard InChI is InChI=1S/C21H23N3O6S/c1-13-20(15(3)30-23-13)31(26,27)24-14(2)21(25)22-16-9-11-17(12-10-16)29-19-8-6-5-7-18(19)28-4/h5-12,14,24H,1-4H3,(H,22,25)/t14-/m0/s1. The lowest BCUT2D eigenvalue weighted by molar-refractivity contribution is -0.117. The third-order valence-electron chi connectivity index (χ3n) is 4.38. The van der Waals surface area contributed by atoms with Gasteiger partial charge >= 0.3 is 0 Å². The van der Waals surface area contributed by atoms with Crippen LogP contribution >= 0.6 is 0 Å². The highest BCUT2D eigenvalue weighted by Gasteiger charge is 2.28. The van der Waals surface area contributed by atoms with E-state index in [0.29, 0.717) is 22.9 Å². The summed E-state index contributed by atoms with van der Waals surface area (Å²) in [6.07, 6.45) is 0. The van der Waals surface area contributed by atoms with E-state index >= 15 is 0 Å². The molecule has 3 aromatic rings. The minimum atomic E-state index is -3.96. The van der Waals surface area contributed by atoms with E-state index in [1.807, 2.05) is 12.1 Å². The Morgan fingerprint density at radius 3 is 2.29 bits per heavy atom. The van der Waals surface area contributed by atoms with Crippen LogP contribution in [0, 0.1) is 13.8 Å². The summed E-state index contributed by atoms with van der Waals surface area (Å²) in [5.74, 6) is 1.34. The van der Waals surface area contributed by atoms with Gasteiger partial charge in [0.05, 0.1) is 13.2 Å². The van der Waals surface area contributed by atoms with Crippen molar-refractivity contribution in [2.45, 2.75) is 31.7 Å². The quantitative estimate of drug-likeness (QED) is 0.545. The topological polar surface area (TPSA) is 120 Å². The molecule has 0 aliphatic rings. The number of methoxy groups -OCH3 is 1. The van der Waals surface area contributed by atoms with Gasteiger partial charge in [0.1, 0.15) is 16.3 Å². The average Bonchev–Trinajstić information content (AvgIpc) is 3.08. The number of aryl methyl sites for hydroxylation is 2. The Balaban J connectivity index is 1.64. The fourth-order valence-corrected chi connectivity index (χ4v) is 4.42. The molecular weight excluding hydrogens is 422 g/mol. The summed E-state index contributed by atoms with van der Waals surface area (Å²) in [7, 11) is -2.40. The number of nitrogens with zero attached hydrogens (tertiary/aromatic N) is 1. The molecule has 1 heterocycles. The average molecular weight is 445 g/mol. The molecule has 0 radical (unpaired) electrons. The Kier molecular flexibility index (Phi) is 6.62. The van der Waals surface area contributed by atoms with Crippen molar-refractivity contribution in [2.75, 3.05) is 12.4 Å². The van der Waals surface area contributed by atoms with Crippen LogP contribution in [0.2, 0.25) is 0 Å². The summed E-state index contributed by atoms with van der Waals surface area (Å²) in [6, 6.07) is 12.9. The first-order valence-electron chi connectivity index (χ1n) is 9.38. The molecule has 0 saturated carbocycles. The fraction of sp³-hybridized carbons (Fsp3) is 0.238. The number of hydrogen-bond donors (Lipinski definition) is 2. The summed E-state index contributed by atoms with van der Waals surface area (Å²) in [6.45, 7) is 4.46. The maximum Gasteiger partial charge on any atom is 0.246 e. The number of aromatic nitrogens is 1. The summed E-state index contributed by atoms with van der Waals surface area (Å²) < 4.78 is 43.4. The van der Waals surface area contributed by atoms with Gasteiger partial charge in [-0.2, -0.15) is 4.72 Å². The summed E-state index contributed by atoms with van der Waals surface area (Å²) >= 11 is 0. The van der Waals surface area contributed by atoms with Gasteiger partial charge in [-0.25, -0.2) is 8.42 Å². The van der Waals surface area contributed by atoms with Gasteiger partial charge in [-0.3, -0.25) is 4.79 Å². The molecule has 0 aliphatic carbocycles. The van der Waals surface area contributed by atoms with E-state index in [1.165, 1.54) is 20.8 Å². The summed E-state index contributed by atoms with van der Waals surface area (Å²) in [4.78, 5) is 12.4. The number of rotatable bonds is 8. The van der Waals surface area contributed by atoms with Crippen molar-refractivity contribution in [3.05, 3.63) is 60.0 Å². The van der Waals surface area contributed by atoms with Crippen LogP contribution in [-0.2, 0) is 14.8 Å². The monoisotopic (exact) mass is 445 g/mol. The molecule has 1 amide bonds. The number of nitrogens with one attached hydrogen (secondary N) is 2. The van der Waals surface area contributed by atoms with Gasteiger partial charge in [-0.1, -0.05) is 17.3 Å². The highest BCUT2D eigenvalue weighted by Crippen LogP contribution is 2.31. The van der Waals surface area contributed by atoms with Crippen LogP contribution in [0.25, 0.3) is 0 Å². The van der Waals surface area contributed by atoms with E-state index in [1.54, 1.807) is 43.5 Å². The molecule has 164 valence electrons. The van der Waals surface area contributed by atoms with Crippen LogP contribution < -0.4 is 19.5 Å². The third-order valence-corrected chi connectivity index (χ3v) is 6.16. The molecule has 1 atom stereocenters. The first-order chi connectivity index (χ1) is 14.7. The predicted molar refractivity (Wildman–Crippen MR) is 114 cm³/mol. The minimum absolute atomic E-state index is 0.0648. The normalized spacial score (nSPS) is 12.3. The Morgan fingerprint density at radius 1 is 1.06 bits per heavy atom. The Hall–Kier alpha value is -3.37. The number of sulfonamides is 1. The zero-order chi connectivity index (χ0) is 22.6. The zero-order valence-electron chi connectivity index (χ0n) is 17.5.